The Balaban J connectivity index is 2.47. The van der Waals surface area contributed by atoms with Gasteiger partial charge in [-0.1, -0.05) is 36.5 Å². The molecule has 1 fully saturated rings. The minimum absolute atomic E-state index is 0.188. The lowest BCUT2D eigenvalue weighted by molar-refractivity contribution is -0.143. The van der Waals surface area contributed by atoms with Crippen LogP contribution in [0.2, 0.25) is 10.3 Å². The molecule has 104 valence electrons. The second-order valence-corrected chi connectivity index (χ2v) is 5.43. The van der Waals surface area contributed by atoms with Crippen molar-refractivity contribution >= 4 is 34.9 Å². The average Bonchev–Trinajstić information content (AvgIpc) is 2.78. The molecule has 5 nitrogen and oxygen atoms in total. The highest BCUT2D eigenvalue weighted by Crippen LogP contribution is 2.40. The summed E-state index contributed by atoms with van der Waals surface area (Å²) in [7, 11) is 0. The molecule has 0 spiro atoms. The van der Waals surface area contributed by atoms with Crippen LogP contribution in [0.4, 0.5) is 5.69 Å². The van der Waals surface area contributed by atoms with E-state index in [0.29, 0.717) is 25.1 Å². The summed E-state index contributed by atoms with van der Waals surface area (Å²) < 4.78 is 0. The first-order valence-electron chi connectivity index (χ1n) is 6.21. The summed E-state index contributed by atoms with van der Waals surface area (Å²) >= 11 is 11.9. The van der Waals surface area contributed by atoms with E-state index < -0.39 is 11.5 Å². The first kappa shape index (κ1) is 14.3. The van der Waals surface area contributed by atoms with Gasteiger partial charge in [0, 0.05) is 12.6 Å². The molecule has 1 saturated heterocycles. The van der Waals surface area contributed by atoms with Crippen LogP contribution >= 0.6 is 23.2 Å². The Morgan fingerprint density at radius 1 is 1.53 bits per heavy atom. The zero-order valence-electron chi connectivity index (χ0n) is 10.6. The SMILES string of the molecule is CCCC1(C(=O)O)CCCN1c1cc(Cl)nnc1Cl. The van der Waals surface area contributed by atoms with E-state index >= 15 is 0 Å². The number of carboxylic acid groups (broad SMARTS) is 1. The van der Waals surface area contributed by atoms with Crippen LogP contribution in [0, 0.1) is 0 Å². The number of anilines is 1. The predicted molar refractivity (Wildman–Crippen MR) is 73.9 cm³/mol. The quantitative estimate of drug-likeness (QED) is 0.926. The lowest BCUT2D eigenvalue weighted by Crippen LogP contribution is -2.51. The van der Waals surface area contributed by atoms with E-state index in [4.69, 9.17) is 23.2 Å². The summed E-state index contributed by atoms with van der Waals surface area (Å²) in [5.74, 6) is -0.823. The summed E-state index contributed by atoms with van der Waals surface area (Å²) in [6.07, 6.45) is 2.76. The molecular formula is C12H15Cl2N3O2. The third-order valence-corrected chi connectivity index (χ3v) is 4.00. The molecule has 2 rings (SSSR count). The molecule has 1 N–H and O–H groups in total. The third-order valence-electron chi connectivity index (χ3n) is 3.54. The Bertz CT molecular complexity index is 498. The lowest BCUT2D eigenvalue weighted by Gasteiger charge is -2.36. The van der Waals surface area contributed by atoms with Crippen molar-refractivity contribution in [3.05, 3.63) is 16.4 Å². The van der Waals surface area contributed by atoms with Gasteiger partial charge in [-0.05, 0) is 19.3 Å². The van der Waals surface area contributed by atoms with Gasteiger partial charge >= 0.3 is 5.97 Å². The van der Waals surface area contributed by atoms with Crippen molar-refractivity contribution in [2.24, 2.45) is 0 Å². The standard InChI is InChI=1S/C12H15Cl2N3O2/c1-2-4-12(11(18)19)5-3-6-17(12)8-7-9(13)15-16-10(8)14/h7H,2-6H2,1H3,(H,18,19). The summed E-state index contributed by atoms with van der Waals surface area (Å²) in [6, 6.07) is 1.58. The van der Waals surface area contributed by atoms with Gasteiger partial charge in [-0.25, -0.2) is 4.79 Å². The van der Waals surface area contributed by atoms with Gasteiger partial charge in [0.25, 0.3) is 0 Å². The minimum atomic E-state index is -0.912. The van der Waals surface area contributed by atoms with Crippen LogP contribution in [0.15, 0.2) is 6.07 Å². The zero-order chi connectivity index (χ0) is 14.0. The number of nitrogens with zero attached hydrogens (tertiary/aromatic N) is 3. The van der Waals surface area contributed by atoms with E-state index in [1.165, 1.54) is 0 Å². The Kier molecular flexibility index (Phi) is 4.16. The third kappa shape index (κ3) is 2.49. The van der Waals surface area contributed by atoms with Gasteiger partial charge in [0.15, 0.2) is 10.3 Å². The second-order valence-electron chi connectivity index (χ2n) is 4.69. The monoisotopic (exact) mass is 303 g/mol. The number of hydrogen-bond donors (Lipinski definition) is 1. The second kappa shape index (κ2) is 5.51. The van der Waals surface area contributed by atoms with Crippen LogP contribution in [0.3, 0.4) is 0 Å². The van der Waals surface area contributed by atoms with Crippen molar-refractivity contribution in [2.75, 3.05) is 11.4 Å². The largest absolute Gasteiger partial charge is 0.479 e. The molecule has 0 amide bonds. The Hall–Kier alpha value is -1.07. The molecule has 7 heteroatoms. The molecule has 0 aliphatic carbocycles. The topological polar surface area (TPSA) is 66.3 Å². The molecule has 2 heterocycles. The van der Waals surface area contributed by atoms with Crippen molar-refractivity contribution in [1.29, 1.82) is 0 Å². The molecule has 0 radical (unpaired) electrons. The molecule has 19 heavy (non-hydrogen) atoms. The first-order valence-corrected chi connectivity index (χ1v) is 6.96. The van der Waals surface area contributed by atoms with E-state index in [9.17, 15) is 9.90 Å². The average molecular weight is 304 g/mol. The van der Waals surface area contributed by atoms with E-state index in [-0.39, 0.29) is 10.3 Å². The van der Waals surface area contributed by atoms with Gasteiger partial charge in [0.2, 0.25) is 0 Å². The van der Waals surface area contributed by atoms with Crippen molar-refractivity contribution in [2.45, 2.75) is 38.1 Å². The first-order chi connectivity index (χ1) is 9.01. The maximum atomic E-state index is 11.7. The van der Waals surface area contributed by atoms with Crippen LogP contribution in [0.25, 0.3) is 0 Å². The number of hydrogen-bond acceptors (Lipinski definition) is 4. The van der Waals surface area contributed by atoms with E-state index in [2.05, 4.69) is 10.2 Å². The maximum Gasteiger partial charge on any atom is 0.329 e. The predicted octanol–water partition coefficient (Wildman–Crippen LogP) is 3.01. The highest BCUT2D eigenvalue weighted by molar-refractivity contribution is 6.33. The van der Waals surface area contributed by atoms with Crippen molar-refractivity contribution in [3.63, 3.8) is 0 Å². The Labute approximate surface area is 121 Å². The van der Waals surface area contributed by atoms with Gasteiger partial charge in [-0.15, -0.1) is 10.2 Å². The number of carboxylic acids is 1. The summed E-state index contributed by atoms with van der Waals surface area (Å²) in [5, 5.41) is 17.4. The number of aromatic nitrogens is 2. The lowest BCUT2D eigenvalue weighted by atomic mass is 9.90. The smallest absolute Gasteiger partial charge is 0.329 e. The highest BCUT2D eigenvalue weighted by Gasteiger charge is 2.47. The normalized spacial score (nSPS) is 22.8. The summed E-state index contributed by atoms with van der Waals surface area (Å²) in [4.78, 5) is 13.5. The fourth-order valence-corrected chi connectivity index (χ4v) is 3.10. The molecule has 0 aromatic carbocycles. The van der Waals surface area contributed by atoms with Crippen LogP contribution in [0.1, 0.15) is 32.6 Å². The Morgan fingerprint density at radius 2 is 2.26 bits per heavy atom. The molecule has 1 aliphatic heterocycles. The van der Waals surface area contributed by atoms with Gasteiger partial charge in [0.1, 0.15) is 5.54 Å². The van der Waals surface area contributed by atoms with Gasteiger partial charge < -0.3 is 10.0 Å². The van der Waals surface area contributed by atoms with Gasteiger partial charge in [0.05, 0.1) is 5.69 Å². The van der Waals surface area contributed by atoms with Gasteiger partial charge in [-0.2, -0.15) is 0 Å². The number of carbonyl (C=O) groups is 1. The molecule has 1 unspecified atom stereocenters. The van der Waals surface area contributed by atoms with Crippen LogP contribution in [0.5, 0.6) is 0 Å². The number of aliphatic carboxylic acids is 1. The molecular weight excluding hydrogens is 289 g/mol. The van der Waals surface area contributed by atoms with Gasteiger partial charge in [-0.3, -0.25) is 0 Å². The molecule has 1 aromatic rings. The molecule has 1 aliphatic rings. The molecule has 1 atom stereocenters. The maximum absolute atomic E-state index is 11.7. The van der Waals surface area contributed by atoms with Crippen LogP contribution < -0.4 is 4.90 Å². The van der Waals surface area contributed by atoms with Crippen LogP contribution in [-0.4, -0.2) is 33.4 Å². The molecule has 0 bridgehead atoms. The van der Waals surface area contributed by atoms with Crippen molar-refractivity contribution in [1.82, 2.24) is 10.2 Å². The minimum Gasteiger partial charge on any atom is -0.479 e. The van der Waals surface area contributed by atoms with E-state index in [0.717, 1.165) is 12.8 Å². The summed E-state index contributed by atoms with van der Waals surface area (Å²) in [6.45, 7) is 2.61. The van der Waals surface area contributed by atoms with E-state index in [1.54, 1.807) is 6.07 Å². The number of rotatable bonds is 4. The molecule has 0 saturated carbocycles. The molecule has 1 aromatic heterocycles. The van der Waals surface area contributed by atoms with Crippen molar-refractivity contribution < 1.29 is 9.90 Å². The fraction of sp³-hybridized carbons (Fsp3) is 0.583. The van der Waals surface area contributed by atoms with Crippen molar-refractivity contribution in [3.8, 4) is 0 Å². The van der Waals surface area contributed by atoms with E-state index in [1.807, 2.05) is 11.8 Å². The fourth-order valence-electron chi connectivity index (χ4n) is 2.77. The number of halogens is 2. The Morgan fingerprint density at radius 3 is 2.89 bits per heavy atom. The van der Waals surface area contributed by atoms with Crippen LogP contribution in [-0.2, 0) is 4.79 Å². The highest BCUT2D eigenvalue weighted by atomic mass is 35.5. The zero-order valence-corrected chi connectivity index (χ0v) is 12.1. The summed E-state index contributed by atoms with van der Waals surface area (Å²) in [5.41, 5.74) is -0.361.